The lowest BCUT2D eigenvalue weighted by Crippen LogP contribution is -2.10. The molecule has 0 aliphatic heterocycles. The quantitative estimate of drug-likeness (QED) is 0.260. The minimum atomic E-state index is -0.582. The van der Waals surface area contributed by atoms with Gasteiger partial charge in [0.05, 0.1) is 17.1 Å². The normalized spacial score (nSPS) is 10.6. The number of nitrogens with one attached hydrogen (secondary N) is 2. The molecule has 10 nitrogen and oxygen atoms in total. The molecule has 0 aliphatic rings. The second-order valence-electron chi connectivity index (χ2n) is 6.86. The number of anilines is 4. The highest BCUT2D eigenvalue weighted by molar-refractivity contribution is 9.10. The third kappa shape index (κ3) is 5.95. The lowest BCUT2D eigenvalue weighted by Gasteiger charge is -2.10. The molecule has 3 rings (SSSR count). The van der Waals surface area contributed by atoms with E-state index in [0.717, 1.165) is 4.47 Å². The van der Waals surface area contributed by atoms with Gasteiger partial charge in [-0.05, 0) is 58.2 Å². The Morgan fingerprint density at radius 2 is 1.77 bits per heavy atom. The molecule has 0 unspecified atom stereocenters. The SMILES string of the molecule is CC(C)COC(=O)c1ccc(Nc2ncnc(Nc3ccc(Br)cn3)c2[N+](=O)[O-])cc1. The van der Waals surface area contributed by atoms with Gasteiger partial charge in [0.2, 0.25) is 11.6 Å². The van der Waals surface area contributed by atoms with Crippen molar-refractivity contribution in [1.82, 2.24) is 15.0 Å². The van der Waals surface area contributed by atoms with Crippen LogP contribution >= 0.6 is 15.9 Å². The highest BCUT2D eigenvalue weighted by atomic mass is 79.9. The largest absolute Gasteiger partial charge is 0.462 e. The molecule has 2 heterocycles. The number of hydrogen-bond donors (Lipinski definition) is 2. The Morgan fingerprint density at radius 1 is 1.10 bits per heavy atom. The summed E-state index contributed by atoms with van der Waals surface area (Å²) in [6.45, 7) is 4.23. The topological polar surface area (TPSA) is 132 Å². The van der Waals surface area contributed by atoms with Gasteiger partial charge in [0.1, 0.15) is 12.1 Å². The molecule has 31 heavy (non-hydrogen) atoms. The van der Waals surface area contributed by atoms with Crippen LogP contribution in [0.2, 0.25) is 0 Å². The molecule has 0 radical (unpaired) electrons. The number of carbonyl (C=O) groups excluding carboxylic acids is 1. The molecule has 0 saturated carbocycles. The fourth-order valence-corrected chi connectivity index (χ4v) is 2.69. The number of nitro groups is 1. The molecule has 0 spiro atoms. The summed E-state index contributed by atoms with van der Waals surface area (Å²) < 4.78 is 5.96. The Hall–Kier alpha value is -3.60. The summed E-state index contributed by atoms with van der Waals surface area (Å²) in [5, 5.41) is 17.4. The van der Waals surface area contributed by atoms with Crippen molar-refractivity contribution in [2.75, 3.05) is 17.2 Å². The van der Waals surface area contributed by atoms with Crippen LogP contribution in [-0.4, -0.2) is 32.5 Å². The molecule has 160 valence electrons. The first-order valence-corrected chi connectivity index (χ1v) is 10.0. The predicted molar refractivity (Wildman–Crippen MR) is 119 cm³/mol. The van der Waals surface area contributed by atoms with Crippen LogP contribution < -0.4 is 10.6 Å². The van der Waals surface area contributed by atoms with E-state index in [4.69, 9.17) is 4.74 Å². The molecule has 0 bridgehead atoms. The van der Waals surface area contributed by atoms with E-state index >= 15 is 0 Å². The van der Waals surface area contributed by atoms with Crippen molar-refractivity contribution < 1.29 is 14.5 Å². The first kappa shape index (κ1) is 22.1. The van der Waals surface area contributed by atoms with Crippen LogP contribution in [0.15, 0.2) is 53.4 Å². The van der Waals surface area contributed by atoms with Gasteiger partial charge in [0.25, 0.3) is 0 Å². The van der Waals surface area contributed by atoms with E-state index in [-0.39, 0.29) is 23.2 Å². The zero-order valence-corrected chi connectivity index (χ0v) is 18.3. The van der Waals surface area contributed by atoms with Crippen LogP contribution in [0, 0.1) is 16.0 Å². The van der Waals surface area contributed by atoms with Crippen LogP contribution in [0.25, 0.3) is 0 Å². The number of aromatic nitrogens is 3. The van der Waals surface area contributed by atoms with Crippen molar-refractivity contribution in [3.63, 3.8) is 0 Å². The number of hydrogen-bond acceptors (Lipinski definition) is 9. The highest BCUT2D eigenvalue weighted by Crippen LogP contribution is 2.32. The Kier molecular flexibility index (Phi) is 7.08. The maximum absolute atomic E-state index is 12.0. The minimum absolute atomic E-state index is 0.00486. The van der Waals surface area contributed by atoms with Crippen molar-refractivity contribution in [3.05, 3.63) is 69.1 Å². The molecule has 0 aliphatic carbocycles. The second kappa shape index (κ2) is 9.94. The minimum Gasteiger partial charge on any atom is -0.462 e. The number of rotatable bonds is 8. The number of pyridine rings is 1. The van der Waals surface area contributed by atoms with Gasteiger partial charge in [0.15, 0.2) is 0 Å². The summed E-state index contributed by atoms with van der Waals surface area (Å²) in [6.07, 6.45) is 2.76. The second-order valence-corrected chi connectivity index (χ2v) is 7.77. The molecule has 0 fully saturated rings. The summed E-state index contributed by atoms with van der Waals surface area (Å²) in [4.78, 5) is 35.3. The molecule has 1 aromatic carbocycles. The van der Waals surface area contributed by atoms with E-state index in [1.807, 2.05) is 13.8 Å². The molecule has 3 aromatic rings. The number of carbonyl (C=O) groups is 1. The van der Waals surface area contributed by atoms with Crippen LogP contribution in [-0.2, 0) is 4.74 Å². The maximum Gasteiger partial charge on any atom is 0.353 e. The van der Waals surface area contributed by atoms with Gasteiger partial charge in [-0.3, -0.25) is 10.1 Å². The Labute approximate surface area is 186 Å². The molecular formula is C20H19BrN6O4. The molecular weight excluding hydrogens is 468 g/mol. The van der Waals surface area contributed by atoms with Gasteiger partial charge < -0.3 is 15.4 Å². The number of halogens is 1. The number of nitrogens with zero attached hydrogens (tertiary/aromatic N) is 4. The summed E-state index contributed by atoms with van der Waals surface area (Å²) in [5.74, 6) is 0.182. The average molecular weight is 487 g/mol. The number of ether oxygens (including phenoxy) is 1. The third-order valence-corrected chi connectivity index (χ3v) is 4.38. The van der Waals surface area contributed by atoms with Gasteiger partial charge in [-0.1, -0.05) is 13.8 Å². The smallest absolute Gasteiger partial charge is 0.353 e. The van der Waals surface area contributed by atoms with Crippen LogP contribution in [0.3, 0.4) is 0 Å². The van der Waals surface area contributed by atoms with Crippen molar-refractivity contribution in [2.24, 2.45) is 5.92 Å². The Bertz CT molecular complexity index is 1070. The Morgan fingerprint density at radius 3 is 2.35 bits per heavy atom. The predicted octanol–water partition coefficient (Wildman–Crippen LogP) is 4.84. The van der Waals surface area contributed by atoms with Gasteiger partial charge in [0, 0.05) is 16.4 Å². The fraction of sp³-hybridized carbons (Fsp3) is 0.200. The van der Waals surface area contributed by atoms with E-state index in [1.54, 1.807) is 42.6 Å². The molecule has 0 saturated heterocycles. The fourth-order valence-electron chi connectivity index (χ4n) is 2.46. The van der Waals surface area contributed by atoms with E-state index in [1.165, 1.54) is 6.33 Å². The summed E-state index contributed by atoms with van der Waals surface area (Å²) in [5.41, 5.74) is 0.551. The zero-order valence-electron chi connectivity index (χ0n) is 16.7. The standard InChI is InChI=1S/C20H19BrN6O4/c1-12(2)10-31-20(28)13-3-6-15(7-4-13)25-18-17(27(29)30)19(24-11-23-18)26-16-8-5-14(21)9-22-16/h3-9,11-12H,10H2,1-2H3,(H2,22,23,24,25,26). The number of benzene rings is 1. The molecule has 0 amide bonds. The summed E-state index contributed by atoms with van der Waals surface area (Å²) >= 11 is 3.28. The average Bonchev–Trinajstić information content (AvgIpc) is 2.74. The third-order valence-electron chi connectivity index (χ3n) is 3.91. The molecule has 11 heteroatoms. The van der Waals surface area contributed by atoms with E-state index in [0.29, 0.717) is 23.7 Å². The van der Waals surface area contributed by atoms with Crippen LogP contribution in [0.1, 0.15) is 24.2 Å². The van der Waals surface area contributed by atoms with Gasteiger partial charge in [-0.15, -0.1) is 0 Å². The van der Waals surface area contributed by atoms with E-state index in [9.17, 15) is 14.9 Å². The van der Waals surface area contributed by atoms with Crippen molar-refractivity contribution in [3.8, 4) is 0 Å². The Balaban J connectivity index is 1.80. The number of esters is 1. The first-order valence-electron chi connectivity index (χ1n) is 9.25. The van der Waals surface area contributed by atoms with Crippen LogP contribution in [0.4, 0.5) is 28.8 Å². The molecule has 2 N–H and O–H groups in total. The van der Waals surface area contributed by atoms with Crippen molar-refractivity contribution in [1.29, 1.82) is 0 Å². The molecule has 2 aromatic heterocycles. The summed E-state index contributed by atoms with van der Waals surface area (Å²) in [7, 11) is 0. The van der Waals surface area contributed by atoms with Gasteiger partial charge in [-0.25, -0.2) is 19.7 Å². The zero-order chi connectivity index (χ0) is 22.4. The van der Waals surface area contributed by atoms with Crippen LogP contribution in [0.5, 0.6) is 0 Å². The lowest BCUT2D eigenvalue weighted by atomic mass is 10.2. The monoisotopic (exact) mass is 486 g/mol. The van der Waals surface area contributed by atoms with E-state index in [2.05, 4.69) is 41.5 Å². The highest BCUT2D eigenvalue weighted by Gasteiger charge is 2.23. The van der Waals surface area contributed by atoms with Crippen molar-refractivity contribution >= 4 is 50.7 Å². The van der Waals surface area contributed by atoms with Gasteiger partial charge >= 0.3 is 11.7 Å². The first-order chi connectivity index (χ1) is 14.8. The van der Waals surface area contributed by atoms with Crippen molar-refractivity contribution in [2.45, 2.75) is 13.8 Å². The maximum atomic E-state index is 12.0. The summed E-state index contributed by atoms with van der Waals surface area (Å²) in [6, 6.07) is 9.77. The van der Waals surface area contributed by atoms with Gasteiger partial charge in [-0.2, -0.15) is 0 Å². The molecule has 0 atom stereocenters. The van der Waals surface area contributed by atoms with E-state index < -0.39 is 10.9 Å². The lowest BCUT2D eigenvalue weighted by molar-refractivity contribution is -0.383.